The van der Waals surface area contributed by atoms with Gasteiger partial charge in [-0.1, -0.05) is 43.3 Å². The van der Waals surface area contributed by atoms with Crippen molar-refractivity contribution in [2.24, 2.45) is 0 Å². The van der Waals surface area contributed by atoms with Gasteiger partial charge in [0.1, 0.15) is 0 Å². The Morgan fingerprint density at radius 2 is 1.85 bits per heavy atom. The number of rotatable bonds is 3. The molecule has 20 heavy (non-hydrogen) atoms. The first-order chi connectivity index (χ1) is 9.76. The molecule has 100 valence electrons. The summed E-state index contributed by atoms with van der Waals surface area (Å²) in [5, 5.41) is 1.18. The number of hydrogen-bond donors (Lipinski definition) is 1. The van der Waals surface area contributed by atoms with Gasteiger partial charge in [-0.25, -0.2) is 0 Å². The number of nitrogens with two attached hydrogens (primary N) is 1. The Labute approximate surface area is 119 Å². The number of aromatic nitrogens is 1. The van der Waals surface area contributed by atoms with Gasteiger partial charge in [0.05, 0.1) is 5.52 Å². The average molecular weight is 262 g/mol. The van der Waals surface area contributed by atoms with Gasteiger partial charge in [0.25, 0.3) is 0 Å². The fourth-order valence-electron chi connectivity index (χ4n) is 2.49. The molecule has 0 unspecified atom stereocenters. The molecule has 2 N–H and O–H groups in total. The summed E-state index contributed by atoms with van der Waals surface area (Å²) in [6.45, 7) is 2.13. The standard InChI is InChI=1S/C18H18N2/c1-2-14-11-13(7-10-17(14)19)12-16-9-8-15-5-3-4-6-18(15)20-16/h3-11H,2,12,19H2,1H3. The topological polar surface area (TPSA) is 38.9 Å². The van der Waals surface area contributed by atoms with Crippen LogP contribution in [0.4, 0.5) is 5.69 Å². The van der Waals surface area contributed by atoms with Crippen LogP contribution < -0.4 is 5.73 Å². The number of nitrogen functional groups attached to an aromatic ring is 1. The van der Waals surface area contributed by atoms with Gasteiger partial charge in [-0.3, -0.25) is 4.98 Å². The number of pyridine rings is 1. The van der Waals surface area contributed by atoms with E-state index in [9.17, 15) is 0 Å². The zero-order chi connectivity index (χ0) is 13.9. The molecule has 0 spiro atoms. The quantitative estimate of drug-likeness (QED) is 0.725. The van der Waals surface area contributed by atoms with E-state index >= 15 is 0 Å². The van der Waals surface area contributed by atoms with Crippen LogP contribution in [0.2, 0.25) is 0 Å². The zero-order valence-electron chi connectivity index (χ0n) is 11.6. The minimum Gasteiger partial charge on any atom is -0.399 e. The molecule has 0 radical (unpaired) electrons. The number of nitrogens with zero attached hydrogens (tertiary/aromatic N) is 1. The van der Waals surface area contributed by atoms with Crippen molar-refractivity contribution in [2.75, 3.05) is 5.73 Å². The van der Waals surface area contributed by atoms with E-state index in [-0.39, 0.29) is 0 Å². The Balaban J connectivity index is 1.92. The molecule has 0 aliphatic rings. The largest absolute Gasteiger partial charge is 0.399 e. The highest BCUT2D eigenvalue weighted by molar-refractivity contribution is 5.78. The molecule has 0 atom stereocenters. The van der Waals surface area contributed by atoms with Crippen LogP contribution in [-0.2, 0) is 12.8 Å². The first-order valence-electron chi connectivity index (χ1n) is 6.98. The van der Waals surface area contributed by atoms with Gasteiger partial charge < -0.3 is 5.73 Å². The van der Waals surface area contributed by atoms with E-state index in [1.54, 1.807) is 0 Å². The van der Waals surface area contributed by atoms with Crippen molar-refractivity contribution in [2.45, 2.75) is 19.8 Å². The second-order valence-electron chi connectivity index (χ2n) is 5.06. The average Bonchev–Trinajstić information content (AvgIpc) is 2.49. The Morgan fingerprint density at radius 3 is 2.70 bits per heavy atom. The van der Waals surface area contributed by atoms with E-state index < -0.39 is 0 Å². The summed E-state index contributed by atoms with van der Waals surface area (Å²) in [5.74, 6) is 0. The van der Waals surface area contributed by atoms with E-state index in [4.69, 9.17) is 10.7 Å². The van der Waals surface area contributed by atoms with Gasteiger partial charge in [-0.05, 0) is 35.7 Å². The molecule has 0 fully saturated rings. The molecule has 0 saturated carbocycles. The number of benzene rings is 2. The lowest BCUT2D eigenvalue weighted by atomic mass is 10.0. The van der Waals surface area contributed by atoms with Crippen molar-refractivity contribution in [1.29, 1.82) is 0 Å². The van der Waals surface area contributed by atoms with E-state index in [0.29, 0.717) is 0 Å². The summed E-state index contributed by atoms with van der Waals surface area (Å²) in [4.78, 5) is 4.72. The molecule has 1 aromatic heterocycles. The van der Waals surface area contributed by atoms with Crippen LogP contribution in [0.5, 0.6) is 0 Å². The zero-order valence-corrected chi connectivity index (χ0v) is 11.6. The third-order valence-corrected chi connectivity index (χ3v) is 3.63. The summed E-state index contributed by atoms with van der Waals surface area (Å²) in [7, 11) is 0. The van der Waals surface area contributed by atoms with E-state index in [2.05, 4.69) is 43.3 Å². The smallest absolute Gasteiger partial charge is 0.0705 e. The summed E-state index contributed by atoms with van der Waals surface area (Å²) in [6.07, 6.45) is 1.81. The maximum atomic E-state index is 5.95. The minimum atomic E-state index is 0.845. The summed E-state index contributed by atoms with van der Waals surface area (Å²) in [5.41, 5.74) is 11.4. The monoisotopic (exact) mass is 262 g/mol. The molecule has 0 saturated heterocycles. The maximum Gasteiger partial charge on any atom is 0.0705 e. The van der Waals surface area contributed by atoms with Crippen molar-refractivity contribution in [1.82, 2.24) is 4.98 Å². The molecular formula is C18H18N2. The number of hydrogen-bond acceptors (Lipinski definition) is 2. The fraction of sp³-hybridized carbons (Fsp3) is 0.167. The minimum absolute atomic E-state index is 0.845. The van der Waals surface area contributed by atoms with Gasteiger partial charge in [0.15, 0.2) is 0 Å². The highest BCUT2D eigenvalue weighted by atomic mass is 14.7. The summed E-state index contributed by atoms with van der Waals surface area (Å²) in [6, 6.07) is 18.7. The van der Waals surface area contributed by atoms with E-state index in [1.165, 1.54) is 16.5 Å². The maximum absolute atomic E-state index is 5.95. The molecule has 0 bridgehead atoms. The van der Waals surface area contributed by atoms with Crippen LogP contribution >= 0.6 is 0 Å². The molecular weight excluding hydrogens is 244 g/mol. The van der Waals surface area contributed by atoms with Crippen LogP contribution in [0.1, 0.15) is 23.7 Å². The highest BCUT2D eigenvalue weighted by Gasteiger charge is 2.03. The van der Waals surface area contributed by atoms with Crippen LogP contribution in [0.3, 0.4) is 0 Å². The second kappa shape index (κ2) is 5.33. The van der Waals surface area contributed by atoms with Gasteiger partial charge in [-0.15, -0.1) is 0 Å². The van der Waals surface area contributed by atoms with Crippen molar-refractivity contribution in [3.8, 4) is 0 Å². The lowest BCUT2D eigenvalue weighted by Gasteiger charge is -2.07. The molecule has 0 amide bonds. The van der Waals surface area contributed by atoms with Crippen molar-refractivity contribution in [3.63, 3.8) is 0 Å². The molecule has 0 aliphatic carbocycles. The third kappa shape index (κ3) is 2.50. The third-order valence-electron chi connectivity index (χ3n) is 3.63. The number of fused-ring (bicyclic) bond motifs is 1. The lowest BCUT2D eigenvalue weighted by molar-refractivity contribution is 1.07. The van der Waals surface area contributed by atoms with Crippen molar-refractivity contribution in [3.05, 3.63) is 71.4 Å². The number of anilines is 1. The number of aryl methyl sites for hydroxylation is 1. The summed E-state index contributed by atoms with van der Waals surface area (Å²) < 4.78 is 0. The van der Waals surface area contributed by atoms with Gasteiger partial charge >= 0.3 is 0 Å². The van der Waals surface area contributed by atoms with Crippen LogP contribution in [-0.4, -0.2) is 4.98 Å². The first-order valence-corrected chi connectivity index (χ1v) is 6.98. The molecule has 2 heteroatoms. The fourth-order valence-corrected chi connectivity index (χ4v) is 2.49. The number of para-hydroxylation sites is 1. The van der Waals surface area contributed by atoms with Gasteiger partial charge in [-0.2, -0.15) is 0 Å². The molecule has 0 aliphatic heterocycles. The van der Waals surface area contributed by atoms with Gasteiger partial charge in [0.2, 0.25) is 0 Å². The Hall–Kier alpha value is -2.35. The van der Waals surface area contributed by atoms with E-state index in [1.807, 2.05) is 18.2 Å². The normalized spacial score (nSPS) is 10.8. The molecule has 1 heterocycles. The molecule has 3 rings (SSSR count). The predicted octanol–water partition coefficient (Wildman–Crippen LogP) is 3.97. The van der Waals surface area contributed by atoms with Crippen LogP contribution in [0.15, 0.2) is 54.6 Å². The Bertz CT molecular complexity index is 747. The van der Waals surface area contributed by atoms with Crippen LogP contribution in [0.25, 0.3) is 10.9 Å². The molecule has 3 aromatic rings. The van der Waals surface area contributed by atoms with Crippen molar-refractivity contribution < 1.29 is 0 Å². The molecule has 2 aromatic carbocycles. The summed E-state index contributed by atoms with van der Waals surface area (Å²) >= 11 is 0. The van der Waals surface area contributed by atoms with E-state index in [0.717, 1.165) is 29.7 Å². The van der Waals surface area contributed by atoms with Crippen LogP contribution in [0, 0.1) is 0 Å². The lowest BCUT2D eigenvalue weighted by Crippen LogP contribution is -1.97. The molecule has 2 nitrogen and oxygen atoms in total. The first kappa shape index (κ1) is 12.7. The second-order valence-corrected chi connectivity index (χ2v) is 5.06. The SMILES string of the molecule is CCc1cc(Cc2ccc3ccccc3n2)ccc1N. The van der Waals surface area contributed by atoms with Crippen molar-refractivity contribution >= 4 is 16.6 Å². The Morgan fingerprint density at radius 1 is 1.00 bits per heavy atom. The highest BCUT2D eigenvalue weighted by Crippen LogP contribution is 2.18. The van der Waals surface area contributed by atoms with Gasteiger partial charge in [0, 0.05) is 23.2 Å². The predicted molar refractivity (Wildman–Crippen MR) is 84.8 cm³/mol. The Kier molecular flexibility index (Phi) is 3.38.